The van der Waals surface area contributed by atoms with Crippen molar-refractivity contribution in [3.05, 3.63) is 87.2 Å². The third kappa shape index (κ3) is 12.2. The van der Waals surface area contributed by atoms with Crippen LogP contribution in [-0.4, -0.2) is 73.6 Å². The Kier molecular flexibility index (Phi) is 13.6. The van der Waals surface area contributed by atoms with Crippen molar-refractivity contribution in [2.45, 2.75) is 104 Å². The van der Waals surface area contributed by atoms with Gasteiger partial charge in [-0.3, -0.25) is 9.48 Å². The molecule has 0 saturated heterocycles. The van der Waals surface area contributed by atoms with Crippen molar-refractivity contribution in [1.29, 1.82) is 0 Å². The summed E-state index contributed by atoms with van der Waals surface area (Å²) in [7, 11) is -1.47. The SMILES string of the molecule is C/C(=C\C(=C/N(C)COCC[Si](C)(C)C)NC(=O)c1cnn(Cc2ccc(Cl)s2)c1)c1cc2cc(O[Si](C)(C)C(C)(C)C)ccc2n1C(=O)OC(C)(C)C. The number of nitrogens with one attached hydrogen (secondary N) is 1. The number of fused-ring (bicyclic) bond motifs is 1. The largest absolute Gasteiger partial charge is 0.543 e. The molecule has 1 N–H and O–H groups in total. The van der Waals surface area contributed by atoms with E-state index in [0.29, 0.717) is 46.7 Å². The summed E-state index contributed by atoms with van der Waals surface area (Å²) >= 11 is 7.59. The zero-order chi connectivity index (χ0) is 40.2. The molecule has 0 radical (unpaired) electrons. The van der Waals surface area contributed by atoms with E-state index in [-0.39, 0.29) is 10.9 Å². The van der Waals surface area contributed by atoms with Crippen LogP contribution in [0.2, 0.25) is 48.2 Å². The van der Waals surface area contributed by atoms with E-state index in [1.165, 1.54) is 11.3 Å². The van der Waals surface area contributed by atoms with Crippen LogP contribution in [0.4, 0.5) is 4.79 Å². The second-order valence-corrected chi connectivity index (χ2v) is 29.7. The van der Waals surface area contributed by atoms with E-state index in [1.807, 2.05) is 88.3 Å². The van der Waals surface area contributed by atoms with Gasteiger partial charge in [-0.1, -0.05) is 52.0 Å². The fourth-order valence-electron chi connectivity index (χ4n) is 5.14. The van der Waals surface area contributed by atoms with Gasteiger partial charge in [-0.2, -0.15) is 5.10 Å². The van der Waals surface area contributed by atoms with E-state index in [0.717, 1.165) is 27.6 Å². The van der Waals surface area contributed by atoms with Crippen molar-refractivity contribution < 1.29 is 23.5 Å². The summed E-state index contributed by atoms with van der Waals surface area (Å²) < 4.78 is 22.5. The van der Waals surface area contributed by atoms with E-state index < -0.39 is 28.1 Å². The molecule has 4 rings (SSSR count). The van der Waals surface area contributed by atoms with Crippen molar-refractivity contribution >= 4 is 67.8 Å². The molecule has 1 amide bonds. The minimum Gasteiger partial charge on any atom is -0.543 e. The Hall–Kier alpha value is -3.63. The van der Waals surface area contributed by atoms with Crippen molar-refractivity contribution in [3.63, 3.8) is 0 Å². The van der Waals surface area contributed by atoms with E-state index >= 15 is 0 Å². The maximum absolute atomic E-state index is 13.9. The number of halogens is 1. The molecule has 0 aliphatic rings. The van der Waals surface area contributed by atoms with Gasteiger partial charge in [0.25, 0.3) is 5.91 Å². The lowest BCUT2D eigenvalue weighted by Gasteiger charge is -2.36. The lowest BCUT2D eigenvalue weighted by atomic mass is 10.1. The second kappa shape index (κ2) is 17.0. The molecule has 0 spiro atoms. The van der Waals surface area contributed by atoms with Crippen LogP contribution < -0.4 is 9.74 Å². The van der Waals surface area contributed by atoms with Gasteiger partial charge in [0, 0.05) is 44.4 Å². The minimum absolute atomic E-state index is 0.0195. The molecule has 0 atom stereocenters. The lowest BCUT2D eigenvalue weighted by Crippen LogP contribution is -2.43. The Bertz CT molecular complexity index is 2010. The van der Waals surface area contributed by atoms with Gasteiger partial charge in [-0.05, 0) is 99.9 Å². The number of amides is 1. The number of carbonyl (C=O) groups excluding carboxylic acids is 2. The first-order valence-corrected chi connectivity index (χ1v) is 26.1. The first-order chi connectivity index (χ1) is 24.9. The molecule has 0 aliphatic heterocycles. The number of aromatic nitrogens is 3. The molecule has 3 aromatic heterocycles. The Labute approximate surface area is 332 Å². The molecule has 0 fully saturated rings. The summed E-state index contributed by atoms with van der Waals surface area (Å²) in [6.45, 7) is 27.0. The highest BCUT2D eigenvalue weighted by atomic mass is 35.5. The summed E-state index contributed by atoms with van der Waals surface area (Å²) in [5, 5.41) is 8.34. The molecule has 294 valence electrons. The quantitative estimate of drug-likeness (QED) is 0.0586. The molecule has 10 nitrogen and oxygen atoms in total. The Morgan fingerprint density at radius 2 is 1.74 bits per heavy atom. The molecule has 0 aliphatic carbocycles. The summed E-state index contributed by atoms with van der Waals surface area (Å²) in [6.07, 6.45) is 6.45. The predicted octanol–water partition coefficient (Wildman–Crippen LogP) is 10.7. The number of carbonyl (C=O) groups is 2. The number of nitrogens with zero attached hydrogens (tertiary/aromatic N) is 4. The van der Waals surface area contributed by atoms with Gasteiger partial charge in [0.2, 0.25) is 8.32 Å². The van der Waals surface area contributed by atoms with Crippen LogP contribution in [0.3, 0.4) is 0 Å². The first-order valence-electron chi connectivity index (χ1n) is 18.3. The summed E-state index contributed by atoms with van der Waals surface area (Å²) in [6, 6.07) is 12.6. The zero-order valence-electron chi connectivity index (χ0n) is 34.2. The summed E-state index contributed by atoms with van der Waals surface area (Å²) in [5.41, 5.74) is 2.24. The number of benzene rings is 1. The molecular formula is C40H58ClN5O5SSi2. The molecular weight excluding hydrogens is 754 g/mol. The molecule has 0 saturated carbocycles. The molecule has 1 aromatic carbocycles. The average molecular weight is 813 g/mol. The third-order valence-electron chi connectivity index (χ3n) is 9.06. The van der Waals surface area contributed by atoms with Gasteiger partial charge >= 0.3 is 6.09 Å². The van der Waals surface area contributed by atoms with E-state index in [9.17, 15) is 9.59 Å². The highest BCUT2D eigenvalue weighted by Gasteiger charge is 2.39. The maximum atomic E-state index is 13.9. The fraction of sp³-hybridized carbons (Fsp3) is 0.475. The van der Waals surface area contributed by atoms with E-state index in [4.69, 9.17) is 25.5 Å². The van der Waals surface area contributed by atoms with Gasteiger partial charge in [-0.25, -0.2) is 9.36 Å². The molecule has 54 heavy (non-hydrogen) atoms. The number of allylic oxidation sites excluding steroid dienone is 2. The normalized spacial score (nSPS) is 13.4. The molecule has 3 heterocycles. The number of thiophene rings is 1. The van der Waals surface area contributed by atoms with E-state index in [1.54, 1.807) is 21.6 Å². The van der Waals surface area contributed by atoms with Gasteiger partial charge in [0.1, 0.15) is 18.1 Å². The predicted molar refractivity (Wildman–Crippen MR) is 228 cm³/mol. The van der Waals surface area contributed by atoms with Crippen molar-refractivity contribution in [2.24, 2.45) is 0 Å². The Morgan fingerprint density at radius 3 is 2.35 bits per heavy atom. The number of rotatable bonds is 14. The van der Waals surface area contributed by atoms with Crippen LogP contribution in [0.5, 0.6) is 5.75 Å². The van der Waals surface area contributed by atoms with Crippen molar-refractivity contribution in [2.75, 3.05) is 20.4 Å². The van der Waals surface area contributed by atoms with Crippen LogP contribution in [0.1, 0.15) is 69.4 Å². The molecule has 14 heteroatoms. The fourth-order valence-corrected chi connectivity index (χ4v) is 8.00. The topological polar surface area (TPSA) is 99.9 Å². The molecule has 4 aromatic rings. The number of ether oxygens (including phenoxy) is 2. The average Bonchev–Trinajstić information content (AvgIpc) is 3.75. The summed E-state index contributed by atoms with van der Waals surface area (Å²) in [5.74, 6) is 0.434. The molecule has 0 bridgehead atoms. The highest BCUT2D eigenvalue weighted by molar-refractivity contribution is 7.16. The number of hydrogen-bond acceptors (Lipinski definition) is 8. The van der Waals surface area contributed by atoms with Crippen molar-refractivity contribution in [3.8, 4) is 5.75 Å². The second-order valence-electron chi connectivity index (χ2n) is 17.5. The van der Waals surface area contributed by atoms with Gasteiger partial charge < -0.3 is 24.1 Å². The Balaban J connectivity index is 1.72. The van der Waals surface area contributed by atoms with Crippen LogP contribution in [0, 0.1) is 0 Å². The first kappa shape index (κ1) is 43.1. The Morgan fingerprint density at radius 1 is 1.04 bits per heavy atom. The number of hydrogen-bond donors (Lipinski definition) is 1. The van der Waals surface area contributed by atoms with Crippen LogP contribution in [-0.2, 0) is 16.0 Å². The minimum atomic E-state index is -2.12. The smallest absolute Gasteiger partial charge is 0.419 e. The van der Waals surface area contributed by atoms with Crippen molar-refractivity contribution in [1.82, 2.24) is 24.6 Å². The monoisotopic (exact) mass is 811 g/mol. The highest BCUT2D eigenvalue weighted by Crippen LogP contribution is 2.38. The molecule has 0 unspecified atom stereocenters. The van der Waals surface area contributed by atoms with Crippen LogP contribution in [0.25, 0.3) is 16.5 Å². The van der Waals surface area contributed by atoms with E-state index in [2.05, 4.69) is 63.9 Å². The lowest BCUT2D eigenvalue weighted by molar-refractivity contribution is 0.0543. The summed E-state index contributed by atoms with van der Waals surface area (Å²) in [4.78, 5) is 30.5. The van der Waals surface area contributed by atoms with Gasteiger partial charge in [0.15, 0.2) is 0 Å². The standard InChI is InChI=1S/C40H58ClN5O5SSi2/c1-28(35-22-29-21-32(51-54(12,13)40(5,6)7)14-16-34(29)46(35)38(48)50-39(2,3)4)20-31(25-44(8)27-49-18-19-53(9,10)11)43-37(47)30-23-42-45(24-30)26-33-15-17-36(41)52-33/h14-17,20-25H,18-19,26-27H2,1-13H3,(H,43,47)/b28-20+,31-25+. The maximum Gasteiger partial charge on any atom is 0.419 e. The zero-order valence-corrected chi connectivity index (χ0v) is 37.8. The van der Waals surface area contributed by atoms with Crippen LogP contribution >= 0.6 is 22.9 Å². The third-order valence-corrected chi connectivity index (χ3v) is 16.3. The van der Waals surface area contributed by atoms with Gasteiger partial charge in [0.05, 0.1) is 39.5 Å². The van der Waals surface area contributed by atoms with Crippen LogP contribution in [0.15, 0.2) is 66.8 Å². The van der Waals surface area contributed by atoms with Gasteiger partial charge in [-0.15, -0.1) is 11.3 Å².